The van der Waals surface area contributed by atoms with E-state index in [9.17, 15) is 9.59 Å². The highest BCUT2D eigenvalue weighted by molar-refractivity contribution is 6.31. The minimum Gasteiger partial charge on any atom is -0.481 e. The molecule has 0 radical (unpaired) electrons. The molecule has 1 unspecified atom stereocenters. The van der Waals surface area contributed by atoms with E-state index in [1.54, 1.807) is 6.92 Å². The first-order valence-corrected chi connectivity index (χ1v) is 14.1. The van der Waals surface area contributed by atoms with Gasteiger partial charge in [0.2, 0.25) is 5.91 Å². The van der Waals surface area contributed by atoms with Gasteiger partial charge in [-0.2, -0.15) is 5.10 Å². The van der Waals surface area contributed by atoms with Crippen molar-refractivity contribution in [2.45, 2.75) is 63.8 Å². The van der Waals surface area contributed by atoms with Gasteiger partial charge < -0.3 is 16.2 Å². The number of anilines is 2. The summed E-state index contributed by atoms with van der Waals surface area (Å²) in [6.07, 6.45) is 6.60. The molecule has 2 aromatic heterocycles. The Morgan fingerprint density at radius 2 is 1.90 bits per heavy atom. The van der Waals surface area contributed by atoms with E-state index >= 15 is 0 Å². The van der Waals surface area contributed by atoms with E-state index in [1.165, 1.54) is 32.1 Å². The summed E-state index contributed by atoms with van der Waals surface area (Å²) in [5.41, 5.74) is 9.11. The van der Waals surface area contributed by atoms with Gasteiger partial charge in [-0.1, -0.05) is 55.1 Å². The summed E-state index contributed by atoms with van der Waals surface area (Å²) in [5, 5.41) is 18.3. The largest absolute Gasteiger partial charge is 0.481 e. The fraction of sp³-hybridized carbons (Fsp3) is 0.367. The fourth-order valence-electron chi connectivity index (χ4n) is 6.11. The van der Waals surface area contributed by atoms with Crippen molar-refractivity contribution in [1.29, 1.82) is 0 Å². The van der Waals surface area contributed by atoms with E-state index in [2.05, 4.69) is 10.3 Å². The molecule has 1 atom stereocenters. The molecule has 1 aliphatic heterocycles. The van der Waals surface area contributed by atoms with Gasteiger partial charge in [0, 0.05) is 23.4 Å². The number of halogens is 1. The van der Waals surface area contributed by atoms with E-state index < -0.39 is 11.4 Å². The number of carboxylic acid groups (broad SMARTS) is 1. The van der Waals surface area contributed by atoms with Gasteiger partial charge in [-0.25, -0.2) is 9.97 Å². The molecule has 1 saturated carbocycles. The molecule has 2 aliphatic rings. The second kappa shape index (κ2) is 10.2. The van der Waals surface area contributed by atoms with Crippen LogP contribution >= 0.6 is 11.6 Å². The number of benzene rings is 2. The molecule has 0 saturated heterocycles. The molecular formula is C30H31ClN6O3. The number of hydrogen-bond donors (Lipinski definition) is 3. The van der Waals surface area contributed by atoms with Gasteiger partial charge in [0.1, 0.15) is 22.7 Å². The molecule has 4 aromatic rings. The normalized spacial score (nSPS) is 19.1. The number of aromatic nitrogens is 4. The van der Waals surface area contributed by atoms with Gasteiger partial charge in [0.25, 0.3) is 0 Å². The third-order valence-corrected chi connectivity index (χ3v) is 8.60. The molecule has 1 amide bonds. The van der Waals surface area contributed by atoms with Crippen LogP contribution in [0.3, 0.4) is 0 Å². The lowest BCUT2D eigenvalue weighted by atomic mass is 9.77. The van der Waals surface area contributed by atoms with Crippen LogP contribution < -0.4 is 11.1 Å². The molecule has 1 aliphatic carbocycles. The Balaban J connectivity index is 1.38. The highest BCUT2D eigenvalue weighted by Gasteiger charge is 2.47. The van der Waals surface area contributed by atoms with Crippen LogP contribution in [0.15, 0.2) is 42.5 Å². The molecule has 2 aromatic carbocycles. The van der Waals surface area contributed by atoms with Gasteiger partial charge in [-0.3, -0.25) is 14.3 Å². The zero-order valence-corrected chi connectivity index (χ0v) is 23.0. The number of aryl methyl sites for hydroxylation is 1. The Morgan fingerprint density at radius 3 is 2.62 bits per heavy atom. The number of carboxylic acids is 1. The standard InChI is InChI=1S/C30H31ClN6O3/c1-30(19-10-7-17(8-11-19)9-14-23(38)39)24-26(32)33-28(34-27(24)35-29(30)40)25-21-13-12-20(31)15-22(21)37(36-25)16-18-5-3-2-4-6-18/h7-8,10-13,15,18H,2-6,9,14,16H2,1H3,(H,38,39)(H3,32,33,34,35,40). The fourth-order valence-corrected chi connectivity index (χ4v) is 6.28. The van der Waals surface area contributed by atoms with Crippen molar-refractivity contribution < 1.29 is 14.7 Å². The zero-order chi connectivity index (χ0) is 28.0. The van der Waals surface area contributed by atoms with Crippen molar-refractivity contribution in [3.63, 3.8) is 0 Å². The summed E-state index contributed by atoms with van der Waals surface area (Å²) in [5.74, 6) is 0.382. The molecule has 10 heteroatoms. The first-order valence-electron chi connectivity index (χ1n) is 13.7. The van der Waals surface area contributed by atoms with Gasteiger partial charge in [0.05, 0.1) is 11.1 Å². The maximum atomic E-state index is 13.4. The highest BCUT2D eigenvalue weighted by atomic mass is 35.5. The lowest BCUT2D eigenvalue weighted by molar-refractivity contribution is -0.137. The third-order valence-electron chi connectivity index (χ3n) is 8.36. The van der Waals surface area contributed by atoms with Crippen molar-refractivity contribution in [2.75, 3.05) is 11.1 Å². The molecule has 0 spiro atoms. The molecule has 6 rings (SSSR count). The summed E-state index contributed by atoms with van der Waals surface area (Å²) >= 11 is 6.37. The number of nitrogen functional groups attached to an aromatic ring is 1. The van der Waals surface area contributed by atoms with Gasteiger partial charge in [0.15, 0.2) is 5.82 Å². The lowest BCUT2D eigenvalue weighted by Gasteiger charge is -2.23. The summed E-state index contributed by atoms with van der Waals surface area (Å²) in [7, 11) is 0. The zero-order valence-electron chi connectivity index (χ0n) is 22.3. The Bertz CT molecular complexity index is 1630. The molecule has 4 N–H and O–H groups in total. The van der Waals surface area contributed by atoms with Crippen molar-refractivity contribution >= 4 is 46.0 Å². The van der Waals surface area contributed by atoms with Crippen molar-refractivity contribution in [3.8, 4) is 11.5 Å². The Kier molecular flexibility index (Phi) is 6.70. The van der Waals surface area contributed by atoms with Gasteiger partial charge >= 0.3 is 5.97 Å². The summed E-state index contributed by atoms with van der Waals surface area (Å²) in [4.78, 5) is 33.7. The quantitative estimate of drug-likeness (QED) is 0.269. The molecule has 40 heavy (non-hydrogen) atoms. The van der Waals surface area contributed by atoms with E-state index in [0.717, 1.165) is 28.6 Å². The average Bonchev–Trinajstić information content (AvgIpc) is 3.42. The predicted octanol–water partition coefficient (Wildman–Crippen LogP) is 5.58. The molecule has 1 fully saturated rings. The Morgan fingerprint density at radius 1 is 1.15 bits per heavy atom. The van der Waals surface area contributed by atoms with Crippen molar-refractivity contribution in [2.24, 2.45) is 5.92 Å². The second-order valence-corrected chi connectivity index (χ2v) is 11.5. The SMILES string of the molecule is CC1(c2ccc(CCC(=O)O)cc2)C(=O)Nc2nc(-c3nn(CC4CCCCC4)c4cc(Cl)ccc34)nc(N)c21. The van der Waals surface area contributed by atoms with Crippen LogP contribution in [0.1, 0.15) is 62.1 Å². The predicted molar refractivity (Wildman–Crippen MR) is 154 cm³/mol. The highest BCUT2D eigenvalue weighted by Crippen LogP contribution is 2.45. The van der Waals surface area contributed by atoms with Crippen LogP contribution in [0.5, 0.6) is 0 Å². The minimum atomic E-state index is -1.10. The third kappa shape index (κ3) is 4.58. The monoisotopic (exact) mass is 558 g/mol. The number of nitrogens with zero attached hydrogens (tertiary/aromatic N) is 4. The lowest BCUT2D eigenvalue weighted by Crippen LogP contribution is -2.33. The van der Waals surface area contributed by atoms with E-state index in [1.807, 2.05) is 47.1 Å². The van der Waals surface area contributed by atoms with Crippen LogP contribution in [-0.2, 0) is 28.0 Å². The van der Waals surface area contributed by atoms with E-state index in [0.29, 0.717) is 40.3 Å². The number of nitrogens with two attached hydrogens (primary N) is 1. The first kappa shape index (κ1) is 26.3. The number of carbonyl (C=O) groups excluding carboxylic acids is 1. The second-order valence-electron chi connectivity index (χ2n) is 11.0. The van der Waals surface area contributed by atoms with Crippen LogP contribution in [0.4, 0.5) is 11.6 Å². The van der Waals surface area contributed by atoms with Crippen molar-refractivity contribution in [3.05, 3.63) is 64.2 Å². The van der Waals surface area contributed by atoms with Gasteiger partial charge in [-0.15, -0.1) is 0 Å². The van der Waals surface area contributed by atoms with E-state index in [4.69, 9.17) is 32.5 Å². The van der Waals surface area contributed by atoms with Gasteiger partial charge in [-0.05, 0) is 61.4 Å². The number of carbonyl (C=O) groups is 2. The number of amides is 1. The van der Waals surface area contributed by atoms with E-state index in [-0.39, 0.29) is 18.1 Å². The molecule has 0 bridgehead atoms. The smallest absolute Gasteiger partial charge is 0.303 e. The average molecular weight is 559 g/mol. The Hall–Kier alpha value is -3.98. The van der Waals surface area contributed by atoms with Crippen molar-refractivity contribution in [1.82, 2.24) is 19.7 Å². The maximum absolute atomic E-state index is 13.4. The number of rotatable bonds is 7. The van der Waals surface area contributed by atoms with Crippen LogP contribution in [0.2, 0.25) is 5.02 Å². The molecule has 9 nitrogen and oxygen atoms in total. The summed E-state index contributed by atoms with van der Waals surface area (Å²) < 4.78 is 2.01. The minimum absolute atomic E-state index is 0.0425. The Labute approximate surface area is 236 Å². The van der Waals surface area contributed by atoms with Crippen LogP contribution in [-0.4, -0.2) is 36.7 Å². The summed E-state index contributed by atoms with van der Waals surface area (Å²) in [6, 6.07) is 13.0. The molecule has 3 heterocycles. The molecular weight excluding hydrogens is 528 g/mol. The maximum Gasteiger partial charge on any atom is 0.303 e. The number of aliphatic carboxylic acids is 1. The van der Waals surface area contributed by atoms with Crippen LogP contribution in [0, 0.1) is 5.92 Å². The molecule has 206 valence electrons. The first-order chi connectivity index (χ1) is 19.2. The topological polar surface area (TPSA) is 136 Å². The number of nitrogens with one attached hydrogen (secondary N) is 1. The van der Waals surface area contributed by atoms with Crippen LogP contribution in [0.25, 0.3) is 22.4 Å². The number of hydrogen-bond acceptors (Lipinski definition) is 6. The summed E-state index contributed by atoms with van der Waals surface area (Å²) in [6.45, 7) is 2.60. The number of fused-ring (bicyclic) bond motifs is 2.